The third-order valence-corrected chi connectivity index (χ3v) is 6.55. The Bertz CT molecular complexity index is 1200. The topological polar surface area (TPSA) is 71.5 Å². The molecule has 1 N–H and O–H groups in total. The van der Waals surface area contributed by atoms with Gasteiger partial charge in [-0.15, -0.1) is 0 Å². The molecule has 1 saturated heterocycles. The zero-order chi connectivity index (χ0) is 26.4. The number of nitrogens with zero attached hydrogens (tertiary/aromatic N) is 2. The molecule has 0 aliphatic carbocycles. The minimum absolute atomic E-state index is 0.0846. The second kappa shape index (κ2) is 11.5. The smallest absolute Gasteiger partial charge is 0.416 e. The van der Waals surface area contributed by atoms with E-state index in [9.17, 15) is 22.8 Å². The van der Waals surface area contributed by atoms with E-state index >= 15 is 0 Å². The Morgan fingerprint density at radius 3 is 2.24 bits per heavy atom. The van der Waals surface area contributed by atoms with E-state index < -0.39 is 11.7 Å². The van der Waals surface area contributed by atoms with Crippen molar-refractivity contribution in [3.8, 4) is 5.88 Å². The number of likely N-dealkylation sites (tertiary alicyclic amines) is 1. The van der Waals surface area contributed by atoms with Crippen molar-refractivity contribution in [1.82, 2.24) is 9.88 Å². The number of hydrogen-bond donors (Lipinski definition) is 1. The number of anilines is 1. The number of hydrogen-bond acceptors (Lipinski definition) is 4. The summed E-state index contributed by atoms with van der Waals surface area (Å²) in [5.41, 5.74) is 2.29. The molecular weight excluding hydrogens is 483 g/mol. The number of nitrogens with one attached hydrogen (secondary N) is 1. The van der Waals surface area contributed by atoms with Crippen molar-refractivity contribution in [2.45, 2.75) is 37.8 Å². The molecule has 0 radical (unpaired) electrons. The van der Waals surface area contributed by atoms with Crippen LogP contribution in [0.4, 0.5) is 18.9 Å². The van der Waals surface area contributed by atoms with E-state index in [1.807, 2.05) is 30.3 Å². The maximum atomic E-state index is 12.8. The van der Waals surface area contributed by atoms with Crippen LogP contribution in [0.25, 0.3) is 0 Å². The molecule has 0 bridgehead atoms. The first kappa shape index (κ1) is 26.2. The first-order valence-corrected chi connectivity index (χ1v) is 12.1. The third kappa shape index (κ3) is 6.87. The first-order valence-electron chi connectivity index (χ1n) is 12.1. The van der Waals surface area contributed by atoms with Crippen molar-refractivity contribution in [2.24, 2.45) is 0 Å². The molecule has 37 heavy (non-hydrogen) atoms. The minimum atomic E-state index is -4.42. The average molecular weight is 512 g/mol. The van der Waals surface area contributed by atoms with Gasteiger partial charge in [-0.1, -0.05) is 18.2 Å². The molecule has 2 amide bonds. The zero-order valence-electron chi connectivity index (χ0n) is 20.4. The maximum Gasteiger partial charge on any atom is 0.416 e. The zero-order valence-corrected chi connectivity index (χ0v) is 20.4. The van der Waals surface area contributed by atoms with Gasteiger partial charge >= 0.3 is 6.18 Å². The van der Waals surface area contributed by atoms with Crippen LogP contribution in [0, 0.1) is 0 Å². The molecule has 2 aromatic carbocycles. The number of aromatic nitrogens is 1. The number of piperidine rings is 1. The van der Waals surface area contributed by atoms with Gasteiger partial charge in [-0.25, -0.2) is 4.98 Å². The van der Waals surface area contributed by atoms with Gasteiger partial charge in [-0.2, -0.15) is 13.2 Å². The molecule has 194 valence electrons. The van der Waals surface area contributed by atoms with Crippen molar-refractivity contribution in [3.63, 3.8) is 0 Å². The summed E-state index contributed by atoms with van der Waals surface area (Å²) in [5.74, 6) is 0.461. The van der Waals surface area contributed by atoms with Crippen molar-refractivity contribution < 1.29 is 27.5 Å². The minimum Gasteiger partial charge on any atom is -0.481 e. The van der Waals surface area contributed by atoms with Gasteiger partial charge in [0.1, 0.15) is 0 Å². The van der Waals surface area contributed by atoms with Crippen LogP contribution in [0.2, 0.25) is 0 Å². The van der Waals surface area contributed by atoms with Crippen LogP contribution in [-0.4, -0.2) is 41.9 Å². The molecule has 1 fully saturated rings. The van der Waals surface area contributed by atoms with E-state index in [0.29, 0.717) is 31.8 Å². The van der Waals surface area contributed by atoms with Crippen molar-refractivity contribution in [2.75, 3.05) is 25.5 Å². The van der Waals surface area contributed by atoms with Gasteiger partial charge in [-0.3, -0.25) is 9.59 Å². The highest BCUT2D eigenvalue weighted by Gasteiger charge is 2.31. The van der Waals surface area contributed by atoms with Gasteiger partial charge in [0.05, 0.1) is 12.7 Å². The molecule has 0 spiro atoms. The fraction of sp³-hybridized carbons (Fsp3) is 0.321. The number of methoxy groups -OCH3 is 1. The lowest BCUT2D eigenvalue weighted by Gasteiger charge is -2.32. The number of rotatable bonds is 7. The van der Waals surface area contributed by atoms with Gasteiger partial charge in [0, 0.05) is 43.0 Å². The summed E-state index contributed by atoms with van der Waals surface area (Å²) in [6, 6.07) is 15.7. The van der Waals surface area contributed by atoms with Crippen molar-refractivity contribution in [3.05, 3.63) is 89.1 Å². The molecular formula is C28H28F3N3O3. The molecule has 1 aliphatic heterocycles. The number of halogens is 3. The molecule has 0 atom stereocenters. The lowest BCUT2D eigenvalue weighted by atomic mass is 9.89. The van der Waals surface area contributed by atoms with E-state index in [-0.39, 0.29) is 23.3 Å². The second-order valence-corrected chi connectivity index (χ2v) is 9.02. The molecule has 2 heterocycles. The molecule has 9 heteroatoms. The lowest BCUT2D eigenvalue weighted by Crippen LogP contribution is -2.37. The summed E-state index contributed by atoms with van der Waals surface area (Å²) in [7, 11) is 1.55. The van der Waals surface area contributed by atoms with Crippen molar-refractivity contribution >= 4 is 17.5 Å². The summed E-state index contributed by atoms with van der Waals surface area (Å²) < 4.78 is 43.3. The van der Waals surface area contributed by atoms with Gasteiger partial charge < -0.3 is 15.0 Å². The summed E-state index contributed by atoms with van der Waals surface area (Å²) in [5, 5.41) is 2.91. The Labute approximate surface area is 213 Å². The monoisotopic (exact) mass is 511 g/mol. The Morgan fingerprint density at radius 1 is 1.00 bits per heavy atom. The highest BCUT2D eigenvalue weighted by Crippen LogP contribution is 2.31. The van der Waals surface area contributed by atoms with Gasteiger partial charge in [-0.05, 0) is 72.7 Å². The third-order valence-electron chi connectivity index (χ3n) is 6.55. The Balaban J connectivity index is 1.24. The van der Waals surface area contributed by atoms with Crippen LogP contribution in [0.5, 0.6) is 5.88 Å². The van der Waals surface area contributed by atoms with E-state index in [1.165, 1.54) is 12.1 Å². The van der Waals surface area contributed by atoms with E-state index in [2.05, 4.69) is 10.3 Å². The molecule has 6 nitrogen and oxygen atoms in total. The predicted octanol–water partition coefficient (Wildman–Crippen LogP) is 5.70. The van der Waals surface area contributed by atoms with Gasteiger partial charge in [0.15, 0.2) is 0 Å². The van der Waals surface area contributed by atoms with Crippen LogP contribution >= 0.6 is 0 Å². The summed E-state index contributed by atoms with van der Waals surface area (Å²) in [4.78, 5) is 30.9. The molecule has 0 unspecified atom stereocenters. The van der Waals surface area contributed by atoms with E-state index in [4.69, 9.17) is 4.74 Å². The van der Waals surface area contributed by atoms with Crippen LogP contribution in [0.15, 0.2) is 66.9 Å². The number of carbonyl (C=O) groups excluding carboxylic acids is 2. The maximum absolute atomic E-state index is 12.8. The van der Waals surface area contributed by atoms with E-state index in [0.717, 1.165) is 41.8 Å². The Morgan fingerprint density at radius 2 is 1.68 bits per heavy atom. The molecule has 1 aliphatic rings. The number of aryl methyl sites for hydroxylation is 1. The first-order chi connectivity index (χ1) is 17.7. The fourth-order valence-electron chi connectivity index (χ4n) is 4.40. The highest BCUT2D eigenvalue weighted by atomic mass is 19.4. The molecule has 0 saturated carbocycles. The average Bonchev–Trinajstić information content (AvgIpc) is 2.92. The lowest BCUT2D eigenvalue weighted by molar-refractivity contribution is -0.137. The number of alkyl halides is 3. The predicted molar refractivity (Wildman–Crippen MR) is 134 cm³/mol. The van der Waals surface area contributed by atoms with Crippen LogP contribution in [0.3, 0.4) is 0 Å². The van der Waals surface area contributed by atoms with Crippen LogP contribution < -0.4 is 10.1 Å². The number of pyridine rings is 1. The SMILES string of the molecule is COc1ccc(CCC(=O)Nc2ccc(C3CCN(C(=O)c4ccc(C(F)(F)F)cc4)CC3)cc2)cn1. The largest absolute Gasteiger partial charge is 0.481 e. The van der Waals surface area contributed by atoms with Gasteiger partial charge in [0.25, 0.3) is 5.91 Å². The van der Waals surface area contributed by atoms with E-state index in [1.54, 1.807) is 24.3 Å². The highest BCUT2D eigenvalue weighted by molar-refractivity contribution is 5.94. The summed E-state index contributed by atoms with van der Waals surface area (Å²) >= 11 is 0. The number of carbonyl (C=O) groups is 2. The normalized spacial score (nSPS) is 14.3. The number of ether oxygens (including phenoxy) is 1. The second-order valence-electron chi connectivity index (χ2n) is 9.02. The molecule has 4 rings (SSSR count). The molecule has 3 aromatic rings. The quantitative estimate of drug-likeness (QED) is 0.442. The summed E-state index contributed by atoms with van der Waals surface area (Å²) in [6.45, 7) is 1.06. The summed E-state index contributed by atoms with van der Waals surface area (Å²) in [6.07, 6.45) is -0.301. The van der Waals surface area contributed by atoms with Crippen LogP contribution in [0.1, 0.15) is 52.2 Å². The fourth-order valence-corrected chi connectivity index (χ4v) is 4.40. The number of amides is 2. The standard InChI is InChI=1S/C28H28F3N3O3/c1-37-26-13-3-19(18-32-26)2-12-25(35)33-24-10-6-20(7-11-24)21-14-16-34(17-15-21)27(36)22-4-8-23(9-5-22)28(29,30)31/h3-11,13,18,21H,2,12,14-17H2,1H3,(H,33,35). The molecule has 1 aromatic heterocycles. The van der Waals surface area contributed by atoms with Crippen LogP contribution in [-0.2, 0) is 17.4 Å². The number of benzene rings is 2. The Kier molecular flexibility index (Phi) is 8.11. The van der Waals surface area contributed by atoms with Gasteiger partial charge in [0.2, 0.25) is 11.8 Å². The Hall–Kier alpha value is -3.88. The van der Waals surface area contributed by atoms with Crippen molar-refractivity contribution in [1.29, 1.82) is 0 Å².